The molecule has 1 amide bonds. The molecule has 0 radical (unpaired) electrons. The largest absolute Gasteiger partial charge is 0.462 e. The van der Waals surface area contributed by atoms with Gasteiger partial charge in [0.25, 0.3) is 0 Å². The zero-order valence-corrected chi connectivity index (χ0v) is 36.9. The van der Waals surface area contributed by atoms with Crippen LogP contribution in [0.2, 0.25) is 0 Å². The number of carbonyl (C=O) groups excluding carboxylic acids is 2. The minimum absolute atomic E-state index is 0.00349. The Kier molecular flexibility index (Phi) is 37.5. The van der Waals surface area contributed by atoms with Gasteiger partial charge in [-0.2, -0.15) is 0 Å². The number of aryl methyl sites for hydroxylation is 1. The first-order valence-electron chi connectivity index (χ1n) is 24.1. The van der Waals surface area contributed by atoms with Crippen molar-refractivity contribution in [3.05, 3.63) is 18.7 Å². The van der Waals surface area contributed by atoms with Crippen LogP contribution in [0.1, 0.15) is 239 Å². The SMILES string of the molecule is CCCCCCCCCOCCCCCCCC(=O)N(CCCCCCCC(=O)OC(CCCCCCCC)CCCCCCCC)CCCn1ccnc1. The lowest BCUT2D eigenvalue weighted by atomic mass is 10.0. The Bertz CT molecular complexity index is 924. The smallest absolute Gasteiger partial charge is 0.306 e. The average Bonchev–Trinajstić information content (AvgIpc) is 3.71. The Morgan fingerprint density at radius 3 is 1.53 bits per heavy atom. The van der Waals surface area contributed by atoms with Gasteiger partial charge in [-0.05, 0) is 64.2 Å². The standard InChI is InChI=1S/C48H91N3O4/c1-4-7-10-13-16-24-31-43-54-44-32-25-18-21-28-36-47(52)51(41-33-39-50-42-38-49-45-50)40-30-23-17-22-29-37-48(53)55-46(34-26-19-14-11-8-5-2)35-27-20-15-12-9-6-3/h38,42,45-46H,4-37,39-41,43-44H2,1-3H3. The number of ether oxygens (including phenoxy) is 2. The van der Waals surface area contributed by atoms with E-state index in [1.54, 1.807) is 0 Å². The van der Waals surface area contributed by atoms with Crippen molar-refractivity contribution in [2.24, 2.45) is 0 Å². The van der Waals surface area contributed by atoms with Gasteiger partial charge in [0.2, 0.25) is 5.91 Å². The highest BCUT2D eigenvalue weighted by Gasteiger charge is 2.15. The highest BCUT2D eigenvalue weighted by molar-refractivity contribution is 5.76. The number of hydrogen-bond donors (Lipinski definition) is 0. The zero-order chi connectivity index (χ0) is 39.7. The molecule has 0 aromatic carbocycles. The molecular formula is C48H91N3O4. The first-order chi connectivity index (χ1) is 27.1. The third kappa shape index (κ3) is 33.9. The monoisotopic (exact) mass is 774 g/mol. The summed E-state index contributed by atoms with van der Waals surface area (Å²) in [5.41, 5.74) is 0. The van der Waals surface area contributed by atoms with Crippen LogP contribution in [0.4, 0.5) is 0 Å². The first kappa shape index (κ1) is 51.1. The molecule has 322 valence electrons. The maximum atomic E-state index is 13.3. The Balaban J connectivity index is 2.27. The fourth-order valence-corrected chi connectivity index (χ4v) is 7.57. The van der Waals surface area contributed by atoms with E-state index in [9.17, 15) is 9.59 Å². The summed E-state index contributed by atoms with van der Waals surface area (Å²) in [5, 5.41) is 0. The summed E-state index contributed by atoms with van der Waals surface area (Å²) in [4.78, 5) is 32.4. The lowest BCUT2D eigenvalue weighted by molar-refractivity contribution is -0.150. The summed E-state index contributed by atoms with van der Waals surface area (Å²) < 4.78 is 14.0. The molecule has 0 saturated heterocycles. The minimum Gasteiger partial charge on any atom is -0.462 e. The van der Waals surface area contributed by atoms with Crippen molar-refractivity contribution < 1.29 is 19.1 Å². The number of unbranched alkanes of at least 4 members (excludes halogenated alkanes) is 24. The number of amides is 1. The van der Waals surface area contributed by atoms with Gasteiger partial charge in [-0.3, -0.25) is 9.59 Å². The number of imidazole rings is 1. The van der Waals surface area contributed by atoms with Crippen LogP contribution in [-0.4, -0.2) is 58.7 Å². The Hall–Kier alpha value is -1.89. The second kappa shape index (κ2) is 40.3. The predicted molar refractivity (Wildman–Crippen MR) is 234 cm³/mol. The van der Waals surface area contributed by atoms with Gasteiger partial charge in [0.1, 0.15) is 6.10 Å². The number of carbonyl (C=O) groups is 2. The molecule has 1 aromatic heterocycles. The average molecular weight is 774 g/mol. The van der Waals surface area contributed by atoms with Crippen LogP contribution in [0.3, 0.4) is 0 Å². The summed E-state index contributed by atoms with van der Waals surface area (Å²) in [6, 6.07) is 0. The van der Waals surface area contributed by atoms with Gasteiger partial charge in [0.15, 0.2) is 0 Å². The summed E-state index contributed by atoms with van der Waals surface area (Å²) in [6.45, 7) is 11.1. The first-order valence-corrected chi connectivity index (χ1v) is 24.1. The molecule has 0 bridgehead atoms. The molecule has 1 aromatic rings. The highest BCUT2D eigenvalue weighted by Crippen LogP contribution is 2.19. The predicted octanol–water partition coefficient (Wildman–Crippen LogP) is 14.0. The fourth-order valence-electron chi connectivity index (χ4n) is 7.57. The molecule has 0 N–H and O–H groups in total. The number of rotatable bonds is 43. The molecule has 0 fully saturated rings. The van der Waals surface area contributed by atoms with Crippen molar-refractivity contribution in [3.63, 3.8) is 0 Å². The van der Waals surface area contributed by atoms with Gasteiger partial charge < -0.3 is 18.9 Å². The van der Waals surface area contributed by atoms with E-state index in [1.165, 1.54) is 135 Å². The summed E-state index contributed by atoms with van der Waals surface area (Å²) in [6.07, 6.45) is 45.4. The van der Waals surface area contributed by atoms with Gasteiger partial charge in [0.05, 0.1) is 6.33 Å². The van der Waals surface area contributed by atoms with Crippen molar-refractivity contribution in [1.29, 1.82) is 0 Å². The van der Waals surface area contributed by atoms with Crippen molar-refractivity contribution >= 4 is 11.9 Å². The van der Waals surface area contributed by atoms with Crippen LogP contribution < -0.4 is 0 Å². The van der Waals surface area contributed by atoms with Gasteiger partial charge in [0, 0.05) is 58.1 Å². The molecule has 0 aliphatic heterocycles. The molecule has 1 rings (SSSR count). The maximum Gasteiger partial charge on any atom is 0.306 e. The Morgan fingerprint density at radius 1 is 0.545 bits per heavy atom. The molecule has 1 heterocycles. The zero-order valence-electron chi connectivity index (χ0n) is 36.9. The molecule has 0 aliphatic rings. The maximum absolute atomic E-state index is 13.3. The second-order valence-corrected chi connectivity index (χ2v) is 16.5. The third-order valence-corrected chi connectivity index (χ3v) is 11.2. The van der Waals surface area contributed by atoms with Crippen LogP contribution in [-0.2, 0) is 25.6 Å². The molecule has 7 nitrogen and oxygen atoms in total. The normalized spacial score (nSPS) is 11.5. The molecule has 0 unspecified atom stereocenters. The van der Waals surface area contributed by atoms with E-state index in [0.29, 0.717) is 18.7 Å². The Morgan fingerprint density at radius 2 is 1.00 bits per heavy atom. The van der Waals surface area contributed by atoms with Crippen LogP contribution >= 0.6 is 0 Å². The van der Waals surface area contributed by atoms with E-state index in [0.717, 1.165) is 103 Å². The highest BCUT2D eigenvalue weighted by atomic mass is 16.5. The topological polar surface area (TPSA) is 73.7 Å². The minimum atomic E-state index is 0.00349. The Labute approximate surface area is 341 Å². The number of esters is 1. The molecular weight excluding hydrogens is 683 g/mol. The molecule has 0 atom stereocenters. The second-order valence-electron chi connectivity index (χ2n) is 16.5. The molecule has 7 heteroatoms. The molecule has 55 heavy (non-hydrogen) atoms. The third-order valence-electron chi connectivity index (χ3n) is 11.2. The van der Waals surface area contributed by atoms with E-state index in [1.807, 2.05) is 18.7 Å². The van der Waals surface area contributed by atoms with Crippen LogP contribution in [0.15, 0.2) is 18.7 Å². The van der Waals surface area contributed by atoms with Crippen LogP contribution in [0, 0.1) is 0 Å². The van der Waals surface area contributed by atoms with Crippen LogP contribution in [0.5, 0.6) is 0 Å². The van der Waals surface area contributed by atoms with E-state index in [2.05, 4.69) is 35.2 Å². The summed E-state index contributed by atoms with van der Waals surface area (Å²) >= 11 is 0. The summed E-state index contributed by atoms with van der Waals surface area (Å²) in [7, 11) is 0. The van der Waals surface area contributed by atoms with Gasteiger partial charge in [-0.1, -0.05) is 162 Å². The molecule has 0 saturated carbocycles. The number of aromatic nitrogens is 2. The van der Waals surface area contributed by atoms with E-state index >= 15 is 0 Å². The van der Waals surface area contributed by atoms with E-state index < -0.39 is 0 Å². The van der Waals surface area contributed by atoms with Crippen molar-refractivity contribution in [2.45, 2.75) is 252 Å². The van der Waals surface area contributed by atoms with Crippen molar-refractivity contribution in [1.82, 2.24) is 14.5 Å². The van der Waals surface area contributed by atoms with Crippen molar-refractivity contribution in [2.75, 3.05) is 26.3 Å². The quantitative estimate of drug-likeness (QED) is 0.0488. The van der Waals surface area contributed by atoms with Gasteiger partial charge in [-0.25, -0.2) is 4.98 Å². The van der Waals surface area contributed by atoms with Crippen LogP contribution in [0.25, 0.3) is 0 Å². The van der Waals surface area contributed by atoms with Crippen molar-refractivity contribution in [3.8, 4) is 0 Å². The van der Waals surface area contributed by atoms with Gasteiger partial charge >= 0.3 is 5.97 Å². The number of nitrogens with zero attached hydrogens (tertiary/aromatic N) is 3. The molecule has 0 spiro atoms. The summed E-state index contributed by atoms with van der Waals surface area (Å²) in [5.74, 6) is 0.312. The fraction of sp³-hybridized carbons (Fsp3) is 0.896. The van der Waals surface area contributed by atoms with E-state index in [4.69, 9.17) is 9.47 Å². The lowest BCUT2D eigenvalue weighted by Crippen LogP contribution is -2.33. The van der Waals surface area contributed by atoms with E-state index in [-0.39, 0.29) is 12.1 Å². The number of hydrogen-bond acceptors (Lipinski definition) is 5. The lowest BCUT2D eigenvalue weighted by Gasteiger charge is -2.23. The molecule has 0 aliphatic carbocycles. The van der Waals surface area contributed by atoms with Gasteiger partial charge in [-0.15, -0.1) is 0 Å².